The van der Waals surface area contributed by atoms with E-state index in [1.54, 1.807) is 37.4 Å². The Morgan fingerprint density at radius 3 is 2.68 bits per heavy atom. The maximum atomic E-state index is 14.7. The van der Waals surface area contributed by atoms with Crippen LogP contribution in [0.5, 0.6) is 5.75 Å². The second-order valence-corrected chi connectivity index (χ2v) is 11.1. The maximum absolute atomic E-state index is 14.7. The van der Waals surface area contributed by atoms with Crippen molar-refractivity contribution in [1.29, 1.82) is 0 Å². The van der Waals surface area contributed by atoms with Crippen molar-refractivity contribution in [2.24, 2.45) is 5.92 Å². The van der Waals surface area contributed by atoms with Gasteiger partial charge in [-0.1, -0.05) is 32.0 Å². The number of ether oxygens (including phenoxy) is 1. The van der Waals surface area contributed by atoms with Gasteiger partial charge in [-0.05, 0) is 67.0 Å². The Balaban J connectivity index is 1.61. The minimum atomic E-state index is -0.744. The van der Waals surface area contributed by atoms with Gasteiger partial charge in [-0.25, -0.2) is 4.39 Å². The number of nitrogens with one attached hydrogen (secondary N) is 2. The fourth-order valence-corrected chi connectivity index (χ4v) is 5.34. The van der Waals surface area contributed by atoms with Crippen LogP contribution in [0.3, 0.4) is 0 Å². The molecule has 2 aromatic carbocycles. The molecule has 1 fully saturated rings. The van der Waals surface area contributed by atoms with Gasteiger partial charge in [0, 0.05) is 25.7 Å². The molecule has 0 unspecified atom stereocenters. The summed E-state index contributed by atoms with van der Waals surface area (Å²) >= 11 is 0. The third-order valence-electron chi connectivity index (χ3n) is 7.77. The highest BCUT2D eigenvalue weighted by Crippen LogP contribution is 2.23. The first-order chi connectivity index (χ1) is 19.7. The first kappa shape index (κ1) is 30.0. The molecule has 220 valence electrons. The molecule has 9 nitrogen and oxygen atoms in total. The van der Waals surface area contributed by atoms with Crippen LogP contribution in [-0.4, -0.2) is 78.8 Å². The van der Waals surface area contributed by atoms with Crippen LogP contribution in [0.15, 0.2) is 42.5 Å². The molecule has 2 bridgehead atoms. The minimum Gasteiger partial charge on any atom is -0.497 e. The molecule has 10 heteroatoms. The number of carbonyl (C=O) groups excluding carboxylic acids is 4. The summed E-state index contributed by atoms with van der Waals surface area (Å²) in [4.78, 5) is 56.3. The van der Waals surface area contributed by atoms with Crippen molar-refractivity contribution < 1.29 is 28.3 Å². The van der Waals surface area contributed by atoms with Gasteiger partial charge in [0.1, 0.15) is 17.6 Å². The molecule has 41 heavy (non-hydrogen) atoms. The van der Waals surface area contributed by atoms with Crippen LogP contribution in [0.25, 0.3) is 0 Å². The second kappa shape index (κ2) is 13.6. The van der Waals surface area contributed by atoms with Gasteiger partial charge < -0.3 is 25.2 Å². The highest BCUT2D eigenvalue weighted by molar-refractivity contribution is 5.98. The van der Waals surface area contributed by atoms with Crippen molar-refractivity contribution in [1.82, 2.24) is 20.4 Å². The van der Waals surface area contributed by atoms with Gasteiger partial charge in [0.2, 0.25) is 17.7 Å². The Hall–Kier alpha value is -3.95. The Morgan fingerprint density at radius 2 is 1.93 bits per heavy atom. The van der Waals surface area contributed by atoms with Gasteiger partial charge in [-0.3, -0.25) is 19.2 Å². The van der Waals surface area contributed by atoms with Gasteiger partial charge >= 0.3 is 0 Å². The summed E-state index contributed by atoms with van der Waals surface area (Å²) in [6.07, 6.45) is 2.26. The van der Waals surface area contributed by atoms with E-state index >= 15 is 0 Å². The Morgan fingerprint density at radius 1 is 1.12 bits per heavy atom. The fraction of sp³-hybridized carbons (Fsp3) is 0.484. The number of hydrogen-bond acceptors (Lipinski definition) is 5. The molecular weight excluding hydrogens is 527 g/mol. The smallest absolute Gasteiger partial charge is 0.257 e. The molecule has 0 spiro atoms. The number of rotatable bonds is 4. The van der Waals surface area contributed by atoms with E-state index in [0.29, 0.717) is 44.5 Å². The minimum absolute atomic E-state index is 0.0507. The van der Waals surface area contributed by atoms with Crippen molar-refractivity contribution in [2.45, 2.75) is 58.0 Å². The van der Waals surface area contributed by atoms with E-state index in [4.69, 9.17) is 4.74 Å². The topological polar surface area (TPSA) is 108 Å². The number of nitrogens with zero attached hydrogens (tertiary/aromatic N) is 2. The predicted molar refractivity (Wildman–Crippen MR) is 152 cm³/mol. The SMILES string of the molecule is COc1cccc(CC(=O)N2CC(=O)NCCCc3ccc(F)c(c3)C(=O)N3CCC[C@H]3C(=O)N[C@H](C(C)C)C2)c1. The highest BCUT2D eigenvalue weighted by Gasteiger charge is 2.37. The van der Waals surface area contributed by atoms with Gasteiger partial charge in [-0.2, -0.15) is 0 Å². The average molecular weight is 567 g/mol. The first-order valence-electron chi connectivity index (χ1n) is 14.2. The van der Waals surface area contributed by atoms with Gasteiger partial charge in [0.05, 0.1) is 25.6 Å². The van der Waals surface area contributed by atoms with Crippen LogP contribution < -0.4 is 15.4 Å². The molecule has 0 aliphatic carbocycles. The zero-order valence-corrected chi connectivity index (χ0v) is 24.0. The molecular formula is C31H39FN4O5. The van der Waals surface area contributed by atoms with Crippen LogP contribution >= 0.6 is 0 Å². The number of carbonyl (C=O) groups is 4. The quantitative estimate of drug-likeness (QED) is 0.592. The lowest BCUT2D eigenvalue weighted by Gasteiger charge is -2.32. The third kappa shape index (κ3) is 7.62. The molecule has 2 N–H and O–H groups in total. The number of halogens is 1. The number of methoxy groups -OCH3 is 1. The van der Waals surface area contributed by atoms with Crippen LogP contribution in [0.1, 0.15) is 54.6 Å². The standard InChI is InChI=1S/C31H39FN4O5/c1-20(2)26-18-35(29(38)17-22-7-4-9-23(15-22)41-3)19-28(37)33-13-5-8-21-11-12-25(32)24(16-21)31(40)36-14-6-10-27(36)30(39)34-26/h4,7,9,11-12,15-16,20,26-27H,5-6,8,10,13-14,17-19H2,1-3H3,(H,33,37)(H,34,39)/t26-,27-/m0/s1. The monoisotopic (exact) mass is 566 g/mol. The molecule has 0 aromatic heterocycles. The molecule has 2 atom stereocenters. The van der Waals surface area contributed by atoms with Crippen LogP contribution in [-0.2, 0) is 27.2 Å². The average Bonchev–Trinajstić information content (AvgIpc) is 3.45. The van der Waals surface area contributed by atoms with Crippen molar-refractivity contribution in [3.05, 3.63) is 65.0 Å². The number of aryl methyl sites for hydroxylation is 1. The van der Waals surface area contributed by atoms with E-state index in [1.807, 2.05) is 19.9 Å². The summed E-state index contributed by atoms with van der Waals surface area (Å²) < 4.78 is 20.0. The number of benzene rings is 2. The summed E-state index contributed by atoms with van der Waals surface area (Å²) in [7, 11) is 1.56. The summed E-state index contributed by atoms with van der Waals surface area (Å²) in [6, 6.07) is 10.4. The summed E-state index contributed by atoms with van der Waals surface area (Å²) in [5.74, 6) is -1.48. The molecule has 4 rings (SSSR count). The molecule has 2 aliphatic heterocycles. The van der Waals surface area contributed by atoms with Crippen LogP contribution in [0, 0.1) is 11.7 Å². The third-order valence-corrected chi connectivity index (χ3v) is 7.77. The van der Waals surface area contributed by atoms with E-state index in [9.17, 15) is 23.6 Å². The molecule has 4 amide bonds. The summed E-state index contributed by atoms with van der Waals surface area (Å²) in [6.45, 7) is 4.53. The molecule has 1 saturated heterocycles. The van der Waals surface area contributed by atoms with E-state index in [1.165, 1.54) is 15.9 Å². The molecule has 0 radical (unpaired) electrons. The number of amides is 4. The Kier molecular flexibility index (Phi) is 9.96. The largest absolute Gasteiger partial charge is 0.497 e. The van der Waals surface area contributed by atoms with E-state index in [2.05, 4.69) is 10.6 Å². The Bertz CT molecular complexity index is 1280. The lowest BCUT2D eigenvalue weighted by molar-refractivity contribution is -0.136. The van der Waals surface area contributed by atoms with Gasteiger partial charge in [0.15, 0.2) is 0 Å². The first-order valence-corrected chi connectivity index (χ1v) is 14.2. The fourth-order valence-electron chi connectivity index (χ4n) is 5.34. The number of hydrogen-bond donors (Lipinski definition) is 2. The van der Waals surface area contributed by atoms with Crippen molar-refractivity contribution in [2.75, 3.05) is 33.3 Å². The van der Waals surface area contributed by atoms with E-state index in [0.717, 1.165) is 11.1 Å². The zero-order chi connectivity index (χ0) is 29.5. The molecule has 2 aliphatic rings. The lowest BCUT2D eigenvalue weighted by Crippen LogP contribution is -2.55. The van der Waals surface area contributed by atoms with E-state index < -0.39 is 23.8 Å². The van der Waals surface area contributed by atoms with Gasteiger partial charge in [0.25, 0.3) is 5.91 Å². The zero-order valence-electron chi connectivity index (χ0n) is 24.0. The second-order valence-electron chi connectivity index (χ2n) is 11.1. The van der Waals surface area contributed by atoms with Gasteiger partial charge in [-0.15, -0.1) is 0 Å². The molecule has 2 heterocycles. The molecule has 0 saturated carbocycles. The van der Waals surface area contributed by atoms with Crippen molar-refractivity contribution in [3.63, 3.8) is 0 Å². The Labute approximate surface area is 240 Å². The lowest BCUT2D eigenvalue weighted by atomic mass is 10.0. The summed E-state index contributed by atoms with van der Waals surface area (Å²) in [5, 5.41) is 5.90. The molecule has 2 aromatic rings. The van der Waals surface area contributed by atoms with E-state index in [-0.39, 0.29) is 48.7 Å². The highest BCUT2D eigenvalue weighted by atomic mass is 19.1. The van der Waals surface area contributed by atoms with Crippen molar-refractivity contribution >= 4 is 23.6 Å². The normalized spacial score (nSPS) is 20.8. The predicted octanol–water partition coefficient (Wildman–Crippen LogP) is 2.71. The number of fused-ring (bicyclic) bond motifs is 3. The van der Waals surface area contributed by atoms with Crippen molar-refractivity contribution in [3.8, 4) is 5.75 Å². The summed E-state index contributed by atoms with van der Waals surface area (Å²) in [5.41, 5.74) is 1.46. The van der Waals surface area contributed by atoms with Crippen LogP contribution in [0.4, 0.5) is 4.39 Å². The van der Waals surface area contributed by atoms with Crippen LogP contribution in [0.2, 0.25) is 0 Å². The maximum Gasteiger partial charge on any atom is 0.257 e.